The number of halogens is 1. The van der Waals surface area contributed by atoms with Crippen molar-refractivity contribution in [1.29, 1.82) is 0 Å². The molecule has 2 aromatic carbocycles. The number of carbonyl (C=O) groups excluding carboxylic acids is 1. The van der Waals surface area contributed by atoms with Gasteiger partial charge in [-0.3, -0.25) is 14.2 Å². The number of carbonyl (C=O) groups is 1. The smallest absolute Gasteiger partial charge is 0.265 e. The highest BCUT2D eigenvalue weighted by Crippen LogP contribution is 2.34. The van der Waals surface area contributed by atoms with E-state index in [2.05, 4.69) is 31.3 Å². The molecule has 0 radical (unpaired) electrons. The number of benzene rings is 2. The molecule has 44 heavy (non-hydrogen) atoms. The predicted octanol–water partition coefficient (Wildman–Crippen LogP) is 6.64. The molecule has 2 fully saturated rings. The molecule has 1 spiro atoms. The first-order valence-corrected chi connectivity index (χ1v) is 16.4. The summed E-state index contributed by atoms with van der Waals surface area (Å²) in [5.74, 6) is -0.0983. The summed E-state index contributed by atoms with van der Waals surface area (Å²) in [6.45, 7) is 11.1. The minimum absolute atomic E-state index is 0.0983. The number of aromatic nitrogens is 2. The van der Waals surface area contributed by atoms with Gasteiger partial charge < -0.3 is 15.0 Å². The van der Waals surface area contributed by atoms with Crippen molar-refractivity contribution in [3.8, 4) is 27.5 Å². The number of allylic oxidation sites excluding steroid dienone is 1. The van der Waals surface area contributed by atoms with Crippen molar-refractivity contribution in [2.45, 2.75) is 46.1 Å². The number of para-hydroxylation sites is 1. The van der Waals surface area contributed by atoms with E-state index in [9.17, 15) is 9.59 Å². The number of aryl methyl sites for hydroxylation is 2. The van der Waals surface area contributed by atoms with Crippen LogP contribution in [0.2, 0.25) is 5.02 Å². The summed E-state index contributed by atoms with van der Waals surface area (Å²) in [7, 11) is 0. The molecule has 0 aliphatic carbocycles. The molecule has 1 N–H and O–H groups in total. The number of nitrogens with one attached hydrogen (secondary N) is 1. The number of pyridine rings is 1. The van der Waals surface area contributed by atoms with E-state index in [4.69, 9.17) is 21.3 Å². The summed E-state index contributed by atoms with van der Waals surface area (Å²) < 4.78 is 7.41. The molecule has 0 unspecified atom stereocenters. The van der Waals surface area contributed by atoms with Crippen molar-refractivity contribution in [3.63, 3.8) is 0 Å². The Morgan fingerprint density at radius 2 is 1.82 bits per heavy atom. The van der Waals surface area contributed by atoms with E-state index in [0.29, 0.717) is 59.7 Å². The average Bonchev–Trinajstić information content (AvgIpc) is 3.50. The van der Waals surface area contributed by atoms with Crippen LogP contribution in [0.5, 0.6) is 0 Å². The summed E-state index contributed by atoms with van der Waals surface area (Å²) in [4.78, 5) is 36.4. The second kappa shape index (κ2) is 12.4. The highest BCUT2D eigenvalue weighted by atomic mass is 35.5. The van der Waals surface area contributed by atoms with Gasteiger partial charge in [0.05, 0.1) is 41.4 Å². The first-order chi connectivity index (χ1) is 21.3. The molecule has 2 aliphatic heterocycles. The van der Waals surface area contributed by atoms with Gasteiger partial charge in [0.25, 0.3) is 11.5 Å². The van der Waals surface area contributed by atoms with E-state index in [1.54, 1.807) is 10.6 Å². The topological polar surface area (TPSA) is 76.5 Å². The van der Waals surface area contributed by atoms with Gasteiger partial charge in [-0.15, -0.1) is 11.3 Å². The third kappa shape index (κ3) is 5.45. The second-order valence-corrected chi connectivity index (χ2v) is 13.0. The highest BCUT2D eigenvalue weighted by molar-refractivity contribution is 7.13. The number of ether oxygens (including phenoxy) is 1. The van der Waals surface area contributed by atoms with Gasteiger partial charge in [0.1, 0.15) is 10.5 Å². The van der Waals surface area contributed by atoms with Crippen LogP contribution in [0.1, 0.15) is 54.9 Å². The molecular weight excluding hydrogens is 592 g/mol. The Kier molecular flexibility index (Phi) is 8.61. The zero-order valence-corrected chi connectivity index (χ0v) is 27.1. The molecule has 228 valence electrons. The fraction of sp³-hybridized carbons (Fsp3) is 0.343. The molecule has 1 amide bonds. The third-order valence-corrected chi connectivity index (χ3v) is 9.61. The minimum atomic E-state index is -0.391. The first-order valence-electron chi connectivity index (χ1n) is 15.1. The van der Waals surface area contributed by atoms with Crippen LogP contribution >= 0.6 is 22.9 Å². The van der Waals surface area contributed by atoms with Crippen molar-refractivity contribution >= 4 is 34.9 Å². The highest BCUT2D eigenvalue weighted by Gasteiger charge is 2.48. The summed E-state index contributed by atoms with van der Waals surface area (Å²) in [5.41, 5.74) is 6.53. The van der Waals surface area contributed by atoms with Gasteiger partial charge >= 0.3 is 0 Å². The van der Waals surface area contributed by atoms with Crippen LogP contribution in [0.4, 0.5) is 0 Å². The lowest BCUT2D eigenvalue weighted by molar-refractivity contribution is -0.132. The largest absolute Gasteiger partial charge is 0.376 e. The Labute approximate surface area is 267 Å². The second-order valence-electron chi connectivity index (χ2n) is 11.7. The predicted molar refractivity (Wildman–Crippen MR) is 179 cm³/mol. The Morgan fingerprint density at radius 3 is 2.43 bits per heavy atom. The van der Waals surface area contributed by atoms with E-state index in [1.165, 1.54) is 11.3 Å². The summed E-state index contributed by atoms with van der Waals surface area (Å²) in [6, 6.07) is 15.5. The standard InChI is InChI=1S/C35H37ClN4O3S/c1-5-23-8-7-9-24(6-2)31(23)40-30(16-22(3)4)27(33(41)39-15-14-37-19-35(39)20-43-21-35)17-28(34(40)42)32-38-29(18-44-32)25-10-12-26(36)13-11-25/h7-13,16-18,37H,5-6,14-15,19-21H2,1-4H3. The van der Waals surface area contributed by atoms with Gasteiger partial charge in [0, 0.05) is 35.6 Å². The van der Waals surface area contributed by atoms with E-state index in [0.717, 1.165) is 46.5 Å². The lowest BCUT2D eigenvalue weighted by Gasteiger charge is -2.52. The Hall–Kier alpha value is -3.56. The molecule has 2 saturated heterocycles. The molecule has 9 heteroatoms. The lowest BCUT2D eigenvalue weighted by atomic mass is 9.91. The van der Waals surface area contributed by atoms with Crippen molar-refractivity contribution in [1.82, 2.24) is 19.8 Å². The lowest BCUT2D eigenvalue weighted by Crippen LogP contribution is -2.72. The van der Waals surface area contributed by atoms with Gasteiger partial charge in [-0.05, 0) is 62.1 Å². The van der Waals surface area contributed by atoms with Crippen LogP contribution in [0, 0.1) is 0 Å². The average molecular weight is 629 g/mol. The van der Waals surface area contributed by atoms with E-state index >= 15 is 0 Å². The number of rotatable bonds is 7. The molecular formula is C35H37ClN4O3S. The number of nitrogens with zero attached hydrogens (tertiary/aromatic N) is 3. The maximum absolute atomic E-state index is 14.8. The number of hydrogen-bond acceptors (Lipinski definition) is 6. The normalized spacial score (nSPS) is 15.7. The van der Waals surface area contributed by atoms with Crippen molar-refractivity contribution < 1.29 is 9.53 Å². The van der Waals surface area contributed by atoms with Crippen LogP contribution < -0.4 is 10.9 Å². The third-order valence-electron chi connectivity index (χ3n) is 8.48. The van der Waals surface area contributed by atoms with Gasteiger partial charge in [0.2, 0.25) is 0 Å². The monoisotopic (exact) mass is 628 g/mol. The van der Waals surface area contributed by atoms with Crippen LogP contribution in [-0.2, 0) is 17.6 Å². The van der Waals surface area contributed by atoms with Gasteiger partial charge in [-0.2, -0.15) is 0 Å². The molecule has 0 bridgehead atoms. The molecule has 6 rings (SSSR count). The Bertz CT molecular complexity index is 1780. The molecule has 2 aliphatic rings. The number of thiazole rings is 1. The van der Waals surface area contributed by atoms with Crippen LogP contribution in [-0.4, -0.2) is 58.7 Å². The quantitative estimate of drug-likeness (QED) is 0.248. The maximum Gasteiger partial charge on any atom is 0.265 e. The SMILES string of the molecule is CCc1cccc(CC)c1-n1c(C=C(C)C)c(C(=O)N2CCNCC23COC3)cc(-c2nc(-c3ccc(Cl)cc3)cs2)c1=O. The Morgan fingerprint density at radius 1 is 1.11 bits per heavy atom. The van der Waals surface area contributed by atoms with Gasteiger partial charge in [0.15, 0.2) is 0 Å². The summed E-state index contributed by atoms with van der Waals surface area (Å²) in [6.07, 6.45) is 3.46. The Balaban J connectivity index is 1.64. The molecule has 4 heterocycles. The van der Waals surface area contributed by atoms with E-state index in [-0.39, 0.29) is 11.5 Å². The fourth-order valence-electron chi connectivity index (χ4n) is 6.15. The van der Waals surface area contributed by atoms with Crippen molar-refractivity contribution in [2.24, 2.45) is 0 Å². The minimum Gasteiger partial charge on any atom is -0.376 e. The summed E-state index contributed by atoms with van der Waals surface area (Å²) >= 11 is 7.53. The number of amides is 1. The molecule has 0 atom stereocenters. The zero-order valence-electron chi connectivity index (χ0n) is 25.6. The van der Waals surface area contributed by atoms with Crippen molar-refractivity contribution in [3.05, 3.63) is 97.2 Å². The van der Waals surface area contributed by atoms with Crippen LogP contribution in [0.3, 0.4) is 0 Å². The molecule has 0 saturated carbocycles. The first kappa shape index (κ1) is 30.5. The number of piperazine rings is 1. The van der Waals surface area contributed by atoms with E-state index < -0.39 is 5.54 Å². The van der Waals surface area contributed by atoms with Crippen LogP contribution in [0.25, 0.3) is 33.6 Å². The maximum atomic E-state index is 14.8. The zero-order chi connectivity index (χ0) is 31.0. The molecule has 2 aromatic heterocycles. The van der Waals surface area contributed by atoms with Crippen molar-refractivity contribution in [2.75, 3.05) is 32.8 Å². The number of hydrogen-bond donors (Lipinski definition) is 1. The molecule has 4 aromatic rings. The summed E-state index contributed by atoms with van der Waals surface area (Å²) in [5, 5.41) is 6.60. The fourth-order valence-corrected chi connectivity index (χ4v) is 7.11. The van der Waals surface area contributed by atoms with Crippen LogP contribution in [0.15, 0.2) is 64.3 Å². The van der Waals surface area contributed by atoms with E-state index in [1.807, 2.05) is 60.5 Å². The van der Waals surface area contributed by atoms with Gasteiger partial charge in [-0.1, -0.05) is 61.4 Å². The van der Waals surface area contributed by atoms with Gasteiger partial charge in [-0.25, -0.2) is 4.98 Å². The molecule has 7 nitrogen and oxygen atoms in total.